The summed E-state index contributed by atoms with van der Waals surface area (Å²) in [5.74, 6) is 1.65. The number of carbonyl (C=O) groups excluding carboxylic acids is 1. The molecule has 0 radical (unpaired) electrons. The highest BCUT2D eigenvalue weighted by Crippen LogP contribution is 2.34. The van der Waals surface area contributed by atoms with Gasteiger partial charge in [0.2, 0.25) is 0 Å². The number of furan rings is 1. The zero-order valence-electron chi connectivity index (χ0n) is 11.5. The van der Waals surface area contributed by atoms with Crippen LogP contribution in [0.1, 0.15) is 28.6 Å². The van der Waals surface area contributed by atoms with Gasteiger partial charge in [0.1, 0.15) is 5.76 Å². The van der Waals surface area contributed by atoms with E-state index >= 15 is 0 Å². The quantitative estimate of drug-likeness (QED) is 0.777. The molecule has 0 fully saturated rings. The Balaban J connectivity index is 2.50. The lowest BCUT2D eigenvalue weighted by Gasteiger charge is -2.11. The Labute approximate surface area is 125 Å². The summed E-state index contributed by atoms with van der Waals surface area (Å²) in [6.07, 6.45) is 2.19. The smallest absolute Gasteiger partial charge is 0.197 e. The Morgan fingerprint density at radius 3 is 2.45 bits per heavy atom. The molecule has 0 spiro atoms. The molecule has 1 heterocycles. The molecule has 0 saturated heterocycles. The fraction of sp³-hybridized carbons (Fsp3) is 0.267. The molecular formula is C15H15BrO4. The van der Waals surface area contributed by atoms with Crippen molar-refractivity contribution in [2.75, 3.05) is 14.2 Å². The Bertz CT molecular complexity index is 631. The highest BCUT2D eigenvalue weighted by atomic mass is 79.9. The summed E-state index contributed by atoms with van der Waals surface area (Å²) >= 11 is 3.40. The number of ketones is 1. The molecule has 0 aliphatic carbocycles. The van der Waals surface area contributed by atoms with Crippen LogP contribution in [0.15, 0.2) is 33.4 Å². The van der Waals surface area contributed by atoms with Crippen LogP contribution >= 0.6 is 15.9 Å². The van der Waals surface area contributed by atoms with Crippen LogP contribution in [0.5, 0.6) is 11.5 Å². The Kier molecular flexibility index (Phi) is 4.49. The SMILES string of the molecule is CCc1occc1C(=O)c1cc(OC)c(OC)cc1Br. The molecule has 0 amide bonds. The number of aryl methyl sites for hydroxylation is 1. The summed E-state index contributed by atoms with van der Waals surface area (Å²) in [6, 6.07) is 5.07. The standard InChI is InChI=1S/C15H15BrO4/c1-4-12-9(5-6-20-12)15(17)10-7-13(18-2)14(19-3)8-11(10)16/h5-8H,4H2,1-3H3. The van der Waals surface area contributed by atoms with Gasteiger partial charge in [0.05, 0.1) is 26.0 Å². The van der Waals surface area contributed by atoms with Gasteiger partial charge in [-0.2, -0.15) is 0 Å². The van der Waals surface area contributed by atoms with Gasteiger partial charge in [0, 0.05) is 16.5 Å². The van der Waals surface area contributed by atoms with Crippen LogP contribution in [-0.2, 0) is 6.42 Å². The second kappa shape index (κ2) is 6.13. The number of hydrogen-bond acceptors (Lipinski definition) is 4. The van der Waals surface area contributed by atoms with E-state index in [1.54, 1.807) is 25.3 Å². The predicted octanol–water partition coefficient (Wildman–Crippen LogP) is 3.85. The predicted molar refractivity (Wildman–Crippen MR) is 78.8 cm³/mol. The van der Waals surface area contributed by atoms with Crippen LogP contribution in [-0.4, -0.2) is 20.0 Å². The molecule has 1 aromatic heterocycles. The normalized spacial score (nSPS) is 10.4. The topological polar surface area (TPSA) is 48.7 Å². The van der Waals surface area contributed by atoms with Crippen LogP contribution in [0.25, 0.3) is 0 Å². The number of hydrogen-bond donors (Lipinski definition) is 0. The number of benzene rings is 1. The van der Waals surface area contributed by atoms with Crippen molar-refractivity contribution in [1.29, 1.82) is 0 Å². The van der Waals surface area contributed by atoms with E-state index in [0.717, 1.165) is 0 Å². The fourth-order valence-electron chi connectivity index (χ4n) is 1.99. The van der Waals surface area contributed by atoms with Gasteiger partial charge in [-0.05, 0) is 34.1 Å². The van der Waals surface area contributed by atoms with E-state index < -0.39 is 0 Å². The van der Waals surface area contributed by atoms with Crippen LogP contribution < -0.4 is 9.47 Å². The summed E-state index contributed by atoms with van der Waals surface area (Å²) in [5, 5.41) is 0. The monoisotopic (exact) mass is 338 g/mol. The number of carbonyl (C=O) groups is 1. The van der Waals surface area contributed by atoms with Crippen molar-refractivity contribution in [3.05, 3.63) is 45.8 Å². The highest BCUT2D eigenvalue weighted by Gasteiger charge is 2.20. The molecule has 1 aromatic carbocycles. The average Bonchev–Trinajstić information content (AvgIpc) is 2.94. The van der Waals surface area contributed by atoms with Crippen LogP contribution in [0.3, 0.4) is 0 Å². The van der Waals surface area contributed by atoms with Gasteiger partial charge in [0.15, 0.2) is 17.3 Å². The van der Waals surface area contributed by atoms with Crippen molar-refractivity contribution >= 4 is 21.7 Å². The first-order valence-corrected chi connectivity index (χ1v) is 6.94. The molecule has 20 heavy (non-hydrogen) atoms. The number of rotatable bonds is 5. The Morgan fingerprint density at radius 2 is 1.85 bits per heavy atom. The molecule has 0 N–H and O–H groups in total. The summed E-state index contributed by atoms with van der Waals surface area (Å²) in [5.41, 5.74) is 1.08. The van der Waals surface area contributed by atoms with Crippen molar-refractivity contribution in [3.8, 4) is 11.5 Å². The van der Waals surface area contributed by atoms with Crippen molar-refractivity contribution in [2.45, 2.75) is 13.3 Å². The number of halogens is 1. The zero-order valence-corrected chi connectivity index (χ0v) is 13.1. The van der Waals surface area contributed by atoms with E-state index in [0.29, 0.717) is 39.3 Å². The molecule has 0 aliphatic heterocycles. The third-order valence-electron chi connectivity index (χ3n) is 3.03. The summed E-state index contributed by atoms with van der Waals surface area (Å²) in [6.45, 7) is 1.94. The lowest BCUT2D eigenvalue weighted by Crippen LogP contribution is -2.05. The van der Waals surface area contributed by atoms with Gasteiger partial charge < -0.3 is 13.9 Å². The molecule has 106 valence electrons. The highest BCUT2D eigenvalue weighted by molar-refractivity contribution is 9.10. The van der Waals surface area contributed by atoms with Crippen LogP contribution in [0, 0.1) is 0 Å². The summed E-state index contributed by atoms with van der Waals surface area (Å²) in [4.78, 5) is 12.6. The molecule has 4 nitrogen and oxygen atoms in total. The zero-order chi connectivity index (χ0) is 14.7. The van der Waals surface area contributed by atoms with Crippen LogP contribution in [0.2, 0.25) is 0 Å². The minimum Gasteiger partial charge on any atom is -0.493 e. The second-order valence-corrected chi connectivity index (χ2v) is 4.98. The molecule has 0 bridgehead atoms. The van der Waals surface area contributed by atoms with Crippen LogP contribution in [0.4, 0.5) is 0 Å². The van der Waals surface area contributed by atoms with E-state index in [1.165, 1.54) is 13.4 Å². The van der Waals surface area contributed by atoms with E-state index in [-0.39, 0.29) is 5.78 Å². The second-order valence-electron chi connectivity index (χ2n) is 4.13. The largest absolute Gasteiger partial charge is 0.493 e. The molecule has 2 rings (SSSR count). The molecule has 5 heteroatoms. The molecule has 0 unspecified atom stereocenters. The molecule has 0 atom stereocenters. The van der Waals surface area contributed by atoms with Crippen molar-refractivity contribution in [1.82, 2.24) is 0 Å². The third-order valence-corrected chi connectivity index (χ3v) is 3.69. The van der Waals surface area contributed by atoms with Gasteiger partial charge in [-0.15, -0.1) is 0 Å². The Hall–Kier alpha value is -1.75. The van der Waals surface area contributed by atoms with Crippen molar-refractivity contribution in [3.63, 3.8) is 0 Å². The Morgan fingerprint density at radius 1 is 1.20 bits per heavy atom. The minimum atomic E-state index is -0.108. The summed E-state index contributed by atoms with van der Waals surface area (Å²) < 4.78 is 16.4. The molecule has 2 aromatic rings. The first kappa shape index (κ1) is 14.7. The van der Waals surface area contributed by atoms with Crippen molar-refractivity contribution < 1.29 is 18.7 Å². The van der Waals surface area contributed by atoms with Gasteiger partial charge in [-0.3, -0.25) is 4.79 Å². The third kappa shape index (κ3) is 2.58. The molecule has 0 aliphatic rings. The maximum Gasteiger partial charge on any atom is 0.197 e. The van der Waals surface area contributed by atoms with Gasteiger partial charge >= 0.3 is 0 Å². The maximum absolute atomic E-state index is 12.6. The average molecular weight is 339 g/mol. The molecular weight excluding hydrogens is 324 g/mol. The van der Waals surface area contributed by atoms with E-state index in [9.17, 15) is 4.79 Å². The number of ether oxygens (including phenoxy) is 2. The fourth-order valence-corrected chi connectivity index (χ4v) is 2.49. The lowest BCUT2D eigenvalue weighted by molar-refractivity contribution is 0.103. The maximum atomic E-state index is 12.6. The van der Waals surface area contributed by atoms with E-state index in [1.807, 2.05) is 6.92 Å². The van der Waals surface area contributed by atoms with Crippen molar-refractivity contribution in [2.24, 2.45) is 0 Å². The van der Waals surface area contributed by atoms with E-state index in [4.69, 9.17) is 13.9 Å². The van der Waals surface area contributed by atoms with E-state index in [2.05, 4.69) is 15.9 Å². The van der Waals surface area contributed by atoms with Gasteiger partial charge in [-0.1, -0.05) is 6.92 Å². The lowest BCUT2D eigenvalue weighted by atomic mass is 10.0. The minimum absolute atomic E-state index is 0.108. The van der Waals surface area contributed by atoms with Gasteiger partial charge in [-0.25, -0.2) is 0 Å². The molecule has 0 saturated carbocycles. The first-order chi connectivity index (χ1) is 9.62. The first-order valence-electron chi connectivity index (χ1n) is 6.15. The summed E-state index contributed by atoms with van der Waals surface area (Å²) in [7, 11) is 3.09. The number of methoxy groups -OCH3 is 2. The van der Waals surface area contributed by atoms with Gasteiger partial charge in [0.25, 0.3) is 0 Å².